The van der Waals surface area contributed by atoms with Crippen LogP contribution in [0.1, 0.15) is 23.2 Å². The Labute approximate surface area is 100 Å². The fourth-order valence-electron chi connectivity index (χ4n) is 1.32. The van der Waals surface area contributed by atoms with Crippen molar-refractivity contribution in [3.8, 4) is 0 Å². The molecule has 0 radical (unpaired) electrons. The number of primary amides is 1. The van der Waals surface area contributed by atoms with E-state index in [4.69, 9.17) is 5.73 Å². The number of thioether (sulfide) groups is 1. The van der Waals surface area contributed by atoms with Crippen molar-refractivity contribution in [3.05, 3.63) is 23.9 Å². The Bertz CT molecular complexity index is 344. The van der Waals surface area contributed by atoms with Gasteiger partial charge in [0.2, 0.25) is 0 Å². The molecular formula is C11H17N3OS. The predicted octanol–water partition coefficient (Wildman–Crippen LogP) is 1.74. The number of hydrogen-bond acceptors (Lipinski definition) is 4. The van der Waals surface area contributed by atoms with Crippen molar-refractivity contribution in [1.82, 2.24) is 4.98 Å². The molecule has 0 aliphatic rings. The van der Waals surface area contributed by atoms with Gasteiger partial charge in [-0.15, -0.1) is 0 Å². The van der Waals surface area contributed by atoms with Gasteiger partial charge in [-0.3, -0.25) is 4.79 Å². The van der Waals surface area contributed by atoms with Gasteiger partial charge in [-0.2, -0.15) is 11.8 Å². The van der Waals surface area contributed by atoms with Crippen LogP contribution in [0.3, 0.4) is 0 Å². The van der Waals surface area contributed by atoms with Crippen LogP contribution in [0.2, 0.25) is 0 Å². The third-order valence-corrected chi connectivity index (χ3v) is 2.84. The Kier molecular flexibility index (Phi) is 5.71. The Morgan fingerprint density at radius 2 is 2.38 bits per heavy atom. The molecule has 0 saturated carbocycles. The number of carbonyl (C=O) groups is 1. The van der Waals surface area contributed by atoms with E-state index in [1.807, 2.05) is 11.8 Å². The maximum atomic E-state index is 11.1. The SMILES string of the molecule is CSCCCCNc1ncccc1C(N)=O. The van der Waals surface area contributed by atoms with E-state index in [1.54, 1.807) is 18.3 Å². The average molecular weight is 239 g/mol. The summed E-state index contributed by atoms with van der Waals surface area (Å²) in [5, 5.41) is 3.13. The number of carbonyl (C=O) groups excluding carboxylic acids is 1. The molecular weight excluding hydrogens is 222 g/mol. The van der Waals surface area contributed by atoms with Gasteiger partial charge in [-0.05, 0) is 37.0 Å². The molecule has 1 amide bonds. The van der Waals surface area contributed by atoms with Crippen LogP contribution in [0.15, 0.2) is 18.3 Å². The number of unbranched alkanes of at least 4 members (excludes halogenated alkanes) is 1. The number of rotatable bonds is 7. The lowest BCUT2D eigenvalue weighted by Gasteiger charge is -2.07. The first-order chi connectivity index (χ1) is 7.75. The molecule has 1 aromatic rings. The summed E-state index contributed by atoms with van der Waals surface area (Å²) in [7, 11) is 0. The Morgan fingerprint density at radius 1 is 1.56 bits per heavy atom. The first-order valence-corrected chi connectivity index (χ1v) is 6.62. The summed E-state index contributed by atoms with van der Waals surface area (Å²) in [6.07, 6.45) is 5.97. The van der Waals surface area contributed by atoms with Gasteiger partial charge in [-0.25, -0.2) is 4.98 Å². The molecule has 0 spiro atoms. The van der Waals surface area contributed by atoms with E-state index in [-0.39, 0.29) is 0 Å². The molecule has 1 aromatic heterocycles. The van der Waals surface area contributed by atoms with Gasteiger partial charge in [0, 0.05) is 12.7 Å². The lowest BCUT2D eigenvalue weighted by Crippen LogP contribution is -2.15. The molecule has 0 aliphatic heterocycles. The van der Waals surface area contributed by atoms with Crippen molar-refractivity contribution in [3.63, 3.8) is 0 Å². The molecule has 4 nitrogen and oxygen atoms in total. The Hall–Kier alpha value is -1.23. The van der Waals surface area contributed by atoms with Crippen molar-refractivity contribution < 1.29 is 4.79 Å². The molecule has 0 bridgehead atoms. The number of pyridine rings is 1. The third kappa shape index (κ3) is 4.10. The van der Waals surface area contributed by atoms with Crippen molar-refractivity contribution in [2.75, 3.05) is 23.9 Å². The smallest absolute Gasteiger partial charge is 0.252 e. The quantitative estimate of drug-likeness (QED) is 0.711. The molecule has 0 unspecified atom stereocenters. The van der Waals surface area contributed by atoms with Crippen molar-refractivity contribution in [2.45, 2.75) is 12.8 Å². The number of anilines is 1. The fourth-order valence-corrected chi connectivity index (χ4v) is 1.82. The van der Waals surface area contributed by atoms with Gasteiger partial charge in [0.05, 0.1) is 5.56 Å². The average Bonchev–Trinajstić information content (AvgIpc) is 2.29. The van der Waals surface area contributed by atoms with Gasteiger partial charge in [0.15, 0.2) is 0 Å². The highest BCUT2D eigenvalue weighted by molar-refractivity contribution is 7.98. The summed E-state index contributed by atoms with van der Waals surface area (Å²) in [5.41, 5.74) is 5.70. The lowest BCUT2D eigenvalue weighted by atomic mass is 10.2. The van der Waals surface area contributed by atoms with Crippen LogP contribution in [0.4, 0.5) is 5.82 Å². The molecule has 1 heterocycles. The van der Waals surface area contributed by atoms with Crippen LogP contribution in [0.25, 0.3) is 0 Å². The lowest BCUT2D eigenvalue weighted by molar-refractivity contribution is 0.100. The van der Waals surface area contributed by atoms with E-state index >= 15 is 0 Å². The minimum atomic E-state index is -0.445. The van der Waals surface area contributed by atoms with Crippen molar-refractivity contribution >= 4 is 23.5 Å². The number of aromatic nitrogens is 1. The van der Waals surface area contributed by atoms with Crippen LogP contribution in [-0.4, -0.2) is 29.4 Å². The van der Waals surface area contributed by atoms with Crippen LogP contribution in [0.5, 0.6) is 0 Å². The van der Waals surface area contributed by atoms with Gasteiger partial charge in [-0.1, -0.05) is 0 Å². The summed E-state index contributed by atoms with van der Waals surface area (Å²) in [6, 6.07) is 3.39. The topological polar surface area (TPSA) is 68.0 Å². The molecule has 88 valence electrons. The maximum absolute atomic E-state index is 11.1. The summed E-state index contributed by atoms with van der Waals surface area (Å²) >= 11 is 1.84. The van der Waals surface area contributed by atoms with Crippen LogP contribution < -0.4 is 11.1 Å². The normalized spacial score (nSPS) is 10.1. The van der Waals surface area contributed by atoms with E-state index in [0.29, 0.717) is 11.4 Å². The standard InChI is InChI=1S/C11H17N3OS/c1-16-8-3-2-6-13-11-9(10(12)15)5-4-7-14-11/h4-5,7H,2-3,6,8H2,1H3,(H2,12,15)(H,13,14). The molecule has 16 heavy (non-hydrogen) atoms. The zero-order valence-corrected chi connectivity index (χ0v) is 10.2. The van der Waals surface area contributed by atoms with Gasteiger partial charge < -0.3 is 11.1 Å². The Morgan fingerprint density at radius 3 is 3.06 bits per heavy atom. The summed E-state index contributed by atoms with van der Waals surface area (Å²) in [6.45, 7) is 0.817. The van der Waals surface area contributed by atoms with E-state index < -0.39 is 5.91 Å². The van der Waals surface area contributed by atoms with E-state index in [1.165, 1.54) is 0 Å². The van der Waals surface area contributed by atoms with Gasteiger partial charge in [0.1, 0.15) is 5.82 Å². The minimum absolute atomic E-state index is 0.445. The first kappa shape index (κ1) is 12.8. The molecule has 5 heteroatoms. The number of hydrogen-bond donors (Lipinski definition) is 2. The summed E-state index contributed by atoms with van der Waals surface area (Å²) in [5.74, 6) is 1.30. The Balaban J connectivity index is 2.44. The van der Waals surface area contributed by atoms with E-state index in [9.17, 15) is 4.79 Å². The van der Waals surface area contributed by atoms with E-state index in [2.05, 4.69) is 16.6 Å². The highest BCUT2D eigenvalue weighted by Crippen LogP contribution is 2.10. The number of amides is 1. The number of nitrogens with one attached hydrogen (secondary N) is 1. The summed E-state index contributed by atoms with van der Waals surface area (Å²) < 4.78 is 0. The minimum Gasteiger partial charge on any atom is -0.369 e. The van der Waals surface area contributed by atoms with Crippen LogP contribution in [0, 0.1) is 0 Å². The largest absolute Gasteiger partial charge is 0.369 e. The third-order valence-electron chi connectivity index (χ3n) is 2.14. The van der Waals surface area contributed by atoms with Crippen LogP contribution >= 0.6 is 11.8 Å². The van der Waals surface area contributed by atoms with Crippen molar-refractivity contribution in [2.24, 2.45) is 5.73 Å². The zero-order chi connectivity index (χ0) is 11.8. The molecule has 0 saturated heterocycles. The molecule has 0 fully saturated rings. The fraction of sp³-hybridized carbons (Fsp3) is 0.455. The predicted molar refractivity (Wildman–Crippen MR) is 68.9 cm³/mol. The van der Waals surface area contributed by atoms with Crippen molar-refractivity contribution in [1.29, 1.82) is 0 Å². The highest BCUT2D eigenvalue weighted by Gasteiger charge is 2.07. The maximum Gasteiger partial charge on any atom is 0.252 e. The highest BCUT2D eigenvalue weighted by atomic mass is 32.2. The molecule has 0 aromatic carbocycles. The second-order valence-electron chi connectivity index (χ2n) is 3.39. The van der Waals surface area contributed by atoms with Gasteiger partial charge in [0.25, 0.3) is 5.91 Å². The molecule has 0 atom stereocenters. The number of nitrogens with two attached hydrogens (primary N) is 1. The second-order valence-corrected chi connectivity index (χ2v) is 4.38. The number of nitrogens with zero attached hydrogens (tertiary/aromatic N) is 1. The molecule has 0 aliphatic carbocycles. The van der Waals surface area contributed by atoms with Crippen LogP contribution in [-0.2, 0) is 0 Å². The second kappa shape index (κ2) is 7.11. The first-order valence-electron chi connectivity index (χ1n) is 5.23. The monoisotopic (exact) mass is 239 g/mol. The summed E-state index contributed by atoms with van der Waals surface area (Å²) in [4.78, 5) is 15.2. The molecule has 1 rings (SSSR count). The van der Waals surface area contributed by atoms with Gasteiger partial charge >= 0.3 is 0 Å². The van der Waals surface area contributed by atoms with E-state index in [0.717, 1.165) is 25.1 Å². The zero-order valence-electron chi connectivity index (χ0n) is 9.40. The molecule has 3 N–H and O–H groups in total.